The summed E-state index contributed by atoms with van der Waals surface area (Å²) < 4.78 is 0. The van der Waals surface area contributed by atoms with Crippen molar-refractivity contribution in [3.63, 3.8) is 0 Å². The maximum Gasteiger partial charge on any atom is 0.169 e. The molecule has 1 saturated heterocycles. The van der Waals surface area contributed by atoms with Gasteiger partial charge in [0.2, 0.25) is 0 Å². The number of hydrogen-bond donors (Lipinski definition) is 1. The van der Waals surface area contributed by atoms with Crippen LogP contribution >= 0.6 is 12.2 Å². The third-order valence-corrected chi connectivity index (χ3v) is 6.00. The van der Waals surface area contributed by atoms with Crippen LogP contribution in [0.15, 0.2) is 24.3 Å². The lowest BCUT2D eigenvalue weighted by atomic mass is 9.86. The van der Waals surface area contributed by atoms with Crippen LogP contribution in [0.25, 0.3) is 0 Å². The Morgan fingerprint density at radius 2 is 1.72 bits per heavy atom. The molecule has 5 heteroatoms. The Hall–Kier alpha value is -1.62. The number of nitrogens with zero attached hydrogens (tertiary/aromatic N) is 2. The van der Waals surface area contributed by atoms with Gasteiger partial charge in [-0.3, -0.25) is 4.79 Å². The summed E-state index contributed by atoms with van der Waals surface area (Å²) in [6.45, 7) is 7.75. The molecular weight excluding hydrogens is 330 g/mol. The third kappa shape index (κ3) is 4.51. The van der Waals surface area contributed by atoms with Crippen molar-refractivity contribution in [3.05, 3.63) is 29.8 Å². The second-order valence-corrected chi connectivity index (χ2v) is 7.78. The van der Waals surface area contributed by atoms with Crippen molar-refractivity contribution in [2.24, 2.45) is 5.92 Å². The first-order valence-corrected chi connectivity index (χ1v) is 9.87. The third-order valence-electron chi connectivity index (χ3n) is 5.63. The molecule has 0 bridgehead atoms. The standard InChI is InChI=1S/C20H29N3OS/c1-15-5-3-4-6-19(15)21-20(25)23-13-11-22(12-14-23)18-9-7-17(8-10-18)16(2)24/h7-10,15,19H,3-6,11-14H2,1-2H3,(H,21,25)/t15-,19+/m1/s1. The van der Waals surface area contributed by atoms with E-state index in [0.717, 1.165) is 36.9 Å². The number of nitrogens with one attached hydrogen (secondary N) is 1. The van der Waals surface area contributed by atoms with Gasteiger partial charge in [0.25, 0.3) is 0 Å². The number of carbonyl (C=O) groups is 1. The molecule has 0 aromatic heterocycles. The van der Waals surface area contributed by atoms with Gasteiger partial charge in [-0.15, -0.1) is 0 Å². The summed E-state index contributed by atoms with van der Waals surface area (Å²) in [5, 5.41) is 4.54. The number of carbonyl (C=O) groups excluding carboxylic acids is 1. The summed E-state index contributed by atoms with van der Waals surface area (Å²) >= 11 is 5.67. The minimum atomic E-state index is 0.115. The smallest absolute Gasteiger partial charge is 0.169 e. The SMILES string of the molecule is CC(=O)c1ccc(N2CCN(C(=S)N[C@H]3CCCC[C@H]3C)CC2)cc1. The molecule has 1 aliphatic carbocycles. The van der Waals surface area contributed by atoms with Crippen LogP contribution in [0.1, 0.15) is 49.9 Å². The number of rotatable bonds is 3. The van der Waals surface area contributed by atoms with Gasteiger partial charge in [0.15, 0.2) is 10.9 Å². The minimum Gasteiger partial charge on any atom is -0.368 e. The molecule has 1 aromatic carbocycles. The minimum absolute atomic E-state index is 0.115. The second-order valence-electron chi connectivity index (χ2n) is 7.39. The number of hydrogen-bond acceptors (Lipinski definition) is 3. The molecule has 2 aliphatic rings. The van der Waals surface area contributed by atoms with Gasteiger partial charge < -0.3 is 15.1 Å². The van der Waals surface area contributed by atoms with E-state index in [9.17, 15) is 4.79 Å². The van der Waals surface area contributed by atoms with Crippen LogP contribution in [0.4, 0.5) is 5.69 Å². The Balaban J connectivity index is 1.51. The molecular formula is C20H29N3OS. The quantitative estimate of drug-likeness (QED) is 0.660. The summed E-state index contributed by atoms with van der Waals surface area (Å²) in [6, 6.07) is 8.47. The predicted molar refractivity (Wildman–Crippen MR) is 107 cm³/mol. The number of piperazine rings is 1. The van der Waals surface area contributed by atoms with Crippen LogP contribution in [-0.2, 0) is 0 Å². The first-order chi connectivity index (χ1) is 12.0. The van der Waals surface area contributed by atoms with Crippen molar-refractivity contribution < 1.29 is 4.79 Å². The number of benzene rings is 1. The molecule has 0 amide bonds. The van der Waals surface area contributed by atoms with Gasteiger partial charge in [0, 0.05) is 43.5 Å². The first-order valence-electron chi connectivity index (χ1n) is 9.46. The van der Waals surface area contributed by atoms with Crippen LogP contribution in [0.2, 0.25) is 0 Å². The molecule has 0 spiro atoms. The van der Waals surface area contributed by atoms with E-state index in [2.05, 4.69) is 22.0 Å². The average Bonchev–Trinajstić information content (AvgIpc) is 2.64. The zero-order chi connectivity index (χ0) is 17.8. The van der Waals surface area contributed by atoms with Crippen molar-refractivity contribution in [1.29, 1.82) is 0 Å². The van der Waals surface area contributed by atoms with Crippen molar-refractivity contribution in [3.8, 4) is 0 Å². The molecule has 25 heavy (non-hydrogen) atoms. The summed E-state index contributed by atoms with van der Waals surface area (Å²) in [5.41, 5.74) is 1.96. The Morgan fingerprint density at radius 3 is 2.32 bits per heavy atom. The number of anilines is 1. The maximum absolute atomic E-state index is 11.4. The fourth-order valence-electron chi connectivity index (χ4n) is 3.86. The van der Waals surface area contributed by atoms with Crippen molar-refractivity contribution in [2.75, 3.05) is 31.1 Å². The molecule has 0 radical (unpaired) electrons. The van der Waals surface area contributed by atoms with Crippen LogP contribution in [0, 0.1) is 5.92 Å². The highest BCUT2D eigenvalue weighted by Gasteiger charge is 2.25. The molecule has 4 nitrogen and oxygen atoms in total. The Morgan fingerprint density at radius 1 is 1.08 bits per heavy atom. The van der Waals surface area contributed by atoms with Gasteiger partial charge in [0.1, 0.15) is 0 Å². The summed E-state index contributed by atoms with van der Waals surface area (Å²) in [4.78, 5) is 16.1. The number of thiocarbonyl (C=S) groups is 1. The van der Waals surface area contributed by atoms with E-state index in [1.54, 1.807) is 6.92 Å². The highest BCUT2D eigenvalue weighted by molar-refractivity contribution is 7.80. The topological polar surface area (TPSA) is 35.6 Å². The van der Waals surface area contributed by atoms with Crippen molar-refractivity contribution in [1.82, 2.24) is 10.2 Å². The summed E-state index contributed by atoms with van der Waals surface area (Å²) in [6.07, 6.45) is 5.22. The zero-order valence-corrected chi connectivity index (χ0v) is 16.1. The number of ketones is 1. The van der Waals surface area contributed by atoms with E-state index in [0.29, 0.717) is 12.0 Å². The van der Waals surface area contributed by atoms with E-state index >= 15 is 0 Å². The van der Waals surface area contributed by atoms with Gasteiger partial charge in [0.05, 0.1) is 0 Å². The van der Waals surface area contributed by atoms with Crippen molar-refractivity contribution >= 4 is 28.8 Å². The van der Waals surface area contributed by atoms with Crippen LogP contribution in [0.3, 0.4) is 0 Å². The van der Waals surface area contributed by atoms with E-state index in [-0.39, 0.29) is 5.78 Å². The molecule has 1 saturated carbocycles. The van der Waals surface area contributed by atoms with E-state index < -0.39 is 0 Å². The largest absolute Gasteiger partial charge is 0.368 e. The van der Waals surface area contributed by atoms with Gasteiger partial charge >= 0.3 is 0 Å². The zero-order valence-electron chi connectivity index (χ0n) is 15.3. The van der Waals surface area contributed by atoms with E-state index in [1.165, 1.54) is 31.4 Å². The highest BCUT2D eigenvalue weighted by atomic mass is 32.1. The molecule has 136 valence electrons. The lowest BCUT2D eigenvalue weighted by Gasteiger charge is -2.39. The van der Waals surface area contributed by atoms with Gasteiger partial charge in [-0.1, -0.05) is 19.8 Å². The highest BCUT2D eigenvalue weighted by Crippen LogP contribution is 2.24. The Labute approximate surface area is 156 Å². The molecule has 1 N–H and O–H groups in total. The number of Topliss-reactive ketones (excluding diaryl/α,β-unsaturated/α-hetero) is 1. The van der Waals surface area contributed by atoms with Crippen LogP contribution < -0.4 is 10.2 Å². The second kappa shape index (κ2) is 8.17. The van der Waals surface area contributed by atoms with Gasteiger partial charge in [-0.05, 0) is 62.2 Å². The van der Waals surface area contributed by atoms with Gasteiger partial charge in [-0.2, -0.15) is 0 Å². The van der Waals surface area contributed by atoms with E-state index in [1.807, 2.05) is 24.3 Å². The van der Waals surface area contributed by atoms with Crippen LogP contribution in [0.5, 0.6) is 0 Å². The average molecular weight is 360 g/mol. The fourth-order valence-corrected chi connectivity index (χ4v) is 4.19. The molecule has 1 heterocycles. The monoisotopic (exact) mass is 359 g/mol. The van der Waals surface area contributed by atoms with Crippen molar-refractivity contribution in [2.45, 2.75) is 45.6 Å². The molecule has 1 aromatic rings. The Kier molecular flexibility index (Phi) is 5.94. The lowest BCUT2D eigenvalue weighted by Crippen LogP contribution is -2.54. The summed E-state index contributed by atoms with van der Waals surface area (Å²) in [5.74, 6) is 0.831. The lowest BCUT2D eigenvalue weighted by molar-refractivity contribution is 0.101. The van der Waals surface area contributed by atoms with Crippen LogP contribution in [-0.4, -0.2) is 48.0 Å². The van der Waals surface area contributed by atoms with Gasteiger partial charge in [-0.25, -0.2) is 0 Å². The predicted octanol–water partition coefficient (Wildman–Crippen LogP) is 3.46. The molecule has 3 rings (SSSR count). The first kappa shape index (κ1) is 18.2. The fraction of sp³-hybridized carbons (Fsp3) is 0.600. The molecule has 1 aliphatic heterocycles. The van der Waals surface area contributed by atoms with E-state index in [4.69, 9.17) is 12.2 Å². The maximum atomic E-state index is 11.4. The Bertz CT molecular complexity index is 608. The molecule has 0 unspecified atom stereocenters. The summed E-state index contributed by atoms with van der Waals surface area (Å²) in [7, 11) is 0. The normalized spacial score (nSPS) is 24.1. The molecule has 2 fully saturated rings. The molecule has 2 atom stereocenters.